The molecule has 0 unspecified atom stereocenters. The monoisotopic (exact) mass is 270 g/mol. The zero-order valence-electron chi connectivity index (χ0n) is 8.62. The fraction of sp³-hybridized carbons (Fsp3) is 0. The Hall–Kier alpha value is -1.64. The highest BCUT2D eigenvalue weighted by atomic mass is 32.2. The van der Waals surface area contributed by atoms with E-state index in [-0.39, 0.29) is 10.7 Å². The molecule has 0 bridgehead atoms. The number of hydrogen-bond acceptors (Lipinski definition) is 6. The van der Waals surface area contributed by atoms with Crippen molar-refractivity contribution in [2.24, 2.45) is 5.84 Å². The molecule has 6 nitrogen and oxygen atoms in total. The third kappa shape index (κ3) is 2.73. The van der Waals surface area contributed by atoms with Gasteiger partial charge in [-0.2, -0.15) is 11.3 Å². The van der Waals surface area contributed by atoms with Gasteiger partial charge >= 0.3 is 0 Å². The minimum atomic E-state index is -3.59. The number of nitrogens with two attached hydrogens (primary N) is 1. The Morgan fingerprint density at radius 1 is 1.35 bits per heavy atom. The van der Waals surface area contributed by atoms with Crippen LogP contribution in [0, 0.1) is 0 Å². The lowest BCUT2D eigenvalue weighted by Crippen LogP contribution is -2.14. The normalized spacial score (nSPS) is 11.1. The van der Waals surface area contributed by atoms with Gasteiger partial charge < -0.3 is 5.43 Å². The van der Waals surface area contributed by atoms with Crippen molar-refractivity contribution >= 4 is 32.9 Å². The molecule has 8 heteroatoms. The summed E-state index contributed by atoms with van der Waals surface area (Å²) in [6.45, 7) is 0. The summed E-state index contributed by atoms with van der Waals surface area (Å²) >= 11 is 1.41. The number of sulfonamides is 1. The summed E-state index contributed by atoms with van der Waals surface area (Å²) in [5.41, 5.74) is 2.83. The second kappa shape index (κ2) is 4.70. The number of nitrogen functional groups attached to an aromatic ring is 1. The molecule has 90 valence electrons. The molecule has 0 saturated carbocycles. The lowest BCUT2D eigenvalue weighted by atomic mass is 10.5. The largest absolute Gasteiger partial charge is 0.308 e. The first kappa shape index (κ1) is 11.8. The van der Waals surface area contributed by atoms with E-state index in [2.05, 4.69) is 15.1 Å². The number of nitrogens with one attached hydrogen (secondary N) is 2. The third-order valence-electron chi connectivity index (χ3n) is 1.96. The first-order valence-electron chi connectivity index (χ1n) is 4.59. The van der Waals surface area contributed by atoms with Gasteiger partial charge in [0.05, 0.1) is 10.6 Å². The summed E-state index contributed by atoms with van der Waals surface area (Å²) in [6, 6.07) is 4.44. The van der Waals surface area contributed by atoms with Crippen LogP contribution in [0.25, 0.3) is 0 Å². The van der Waals surface area contributed by atoms with E-state index in [1.54, 1.807) is 16.8 Å². The summed E-state index contributed by atoms with van der Waals surface area (Å²) in [6.07, 6.45) is 1.37. The first-order chi connectivity index (χ1) is 8.12. The van der Waals surface area contributed by atoms with Gasteiger partial charge in [0.1, 0.15) is 5.82 Å². The van der Waals surface area contributed by atoms with E-state index in [0.29, 0.717) is 5.69 Å². The Morgan fingerprint density at radius 3 is 2.82 bits per heavy atom. The molecule has 0 aliphatic carbocycles. The van der Waals surface area contributed by atoms with Crippen LogP contribution in [0.2, 0.25) is 0 Å². The summed E-state index contributed by atoms with van der Waals surface area (Å²) in [5.74, 6) is 5.46. The second-order valence-electron chi connectivity index (χ2n) is 3.14. The van der Waals surface area contributed by atoms with Crippen molar-refractivity contribution in [3.8, 4) is 0 Å². The Balaban J connectivity index is 2.31. The molecule has 2 aromatic rings. The highest BCUT2D eigenvalue weighted by molar-refractivity contribution is 7.92. The Labute approximate surface area is 103 Å². The highest BCUT2D eigenvalue weighted by Crippen LogP contribution is 2.19. The fourth-order valence-corrected chi connectivity index (χ4v) is 2.92. The Kier molecular flexibility index (Phi) is 3.27. The van der Waals surface area contributed by atoms with E-state index in [0.717, 1.165) is 0 Å². The number of pyridine rings is 1. The van der Waals surface area contributed by atoms with Crippen LogP contribution in [-0.4, -0.2) is 13.4 Å². The van der Waals surface area contributed by atoms with Crippen LogP contribution in [0.4, 0.5) is 11.5 Å². The molecule has 4 N–H and O–H groups in total. The van der Waals surface area contributed by atoms with Crippen molar-refractivity contribution in [2.75, 3.05) is 10.1 Å². The number of rotatable bonds is 4. The quantitative estimate of drug-likeness (QED) is 0.573. The maximum Gasteiger partial charge on any atom is 0.262 e. The average molecular weight is 270 g/mol. The fourth-order valence-electron chi connectivity index (χ4n) is 1.19. The maximum absolute atomic E-state index is 12.0. The summed E-state index contributed by atoms with van der Waals surface area (Å²) < 4.78 is 26.4. The average Bonchev–Trinajstić information content (AvgIpc) is 2.81. The van der Waals surface area contributed by atoms with E-state index in [9.17, 15) is 8.42 Å². The highest BCUT2D eigenvalue weighted by Gasteiger charge is 2.14. The number of aromatic nitrogens is 1. The molecule has 0 aliphatic rings. The molecule has 0 aromatic carbocycles. The van der Waals surface area contributed by atoms with Crippen molar-refractivity contribution in [3.05, 3.63) is 35.2 Å². The molecule has 2 rings (SSSR count). The molecule has 0 radical (unpaired) electrons. The maximum atomic E-state index is 12.0. The minimum absolute atomic E-state index is 0.103. The Morgan fingerprint density at radius 2 is 2.18 bits per heavy atom. The molecule has 0 saturated heterocycles. The molecule has 0 spiro atoms. The van der Waals surface area contributed by atoms with E-state index in [1.807, 2.05) is 0 Å². The predicted octanol–water partition coefficient (Wildman–Crippen LogP) is 1.23. The van der Waals surface area contributed by atoms with E-state index < -0.39 is 10.0 Å². The number of hydrogen-bond donors (Lipinski definition) is 3. The van der Waals surface area contributed by atoms with Gasteiger partial charge in [-0.05, 0) is 17.5 Å². The van der Waals surface area contributed by atoms with E-state index in [4.69, 9.17) is 5.84 Å². The number of anilines is 2. The summed E-state index contributed by atoms with van der Waals surface area (Å²) in [5, 5.41) is 3.50. The smallest absolute Gasteiger partial charge is 0.262 e. The van der Waals surface area contributed by atoms with Crippen molar-refractivity contribution in [2.45, 2.75) is 4.90 Å². The van der Waals surface area contributed by atoms with Crippen LogP contribution in [0.1, 0.15) is 0 Å². The topological polar surface area (TPSA) is 97.1 Å². The van der Waals surface area contributed by atoms with Crippen molar-refractivity contribution < 1.29 is 8.42 Å². The summed E-state index contributed by atoms with van der Waals surface area (Å²) in [4.78, 5) is 3.95. The predicted molar refractivity (Wildman–Crippen MR) is 67.2 cm³/mol. The van der Waals surface area contributed by atoms with Gasteiger partial charge in [-0.15, -0.1) is 0 Å². The van der Waals surface area contributed by atoms with Crippen LogP contribution >= 0.6 is 11.3 Å². The zero-order chi connectivity index (χ0) is 12.3. The van der Waals surface area contributed by atoms with Crippen LogP contribution in [0.15, 0.2) is 40.1 Å². The Bertz CT molecular complexity index is 595. The van der Waals surface area contributed by atoms with Crippen molar-refractivity contribution in [3.63, 3.8) is 0 Å². The molecular formula is C9H10N4O2S2. The van der Waals surface area contributed by atoms with Crippen LogP contribution in [0.5, 0.6) is 0 Å². The molecule has 0 amide bonds. The molecule has 0 fully saturated rings. The SMILES string of the molecule is NNc1cc(S(=O)(=O)Nc2ccsc2)ccn1. The van der Waals surface area contributed by atoms with Gasteiger partial charge in [0.15, 0.2) is 0 Å². The number of hydrazine groups is 1. The summed E-state index contributed by atoms with van der Waals surface area (Å²) in [7, 11) is -3.59. The third-order valence-corrected chi connectivity index (χ3v) is 4.03. The number of thiophene rings is 1. The van der Waals surface area contributed by atoms with Crippen LogP contribution < -0.4 is 16.0 Å². The minimum Gasteiger partial charge on any atom is -0.308 e. The second-order valence-corrected chi connectivity index (χ2v) is 5.60. The molecule has 17 heavy (non-hydrogen) atoms. The van der Waals surface area contributed by atoms with Gasteiger partial charge in [0.2, 0.25) is 0 Å². The zero-order valence-corrected chi connectivity index (χ0v) is 10.3. The molecular weight excluding hydrogens is 260 g/mol. The van der Waals surface area contributed by atoms with Crippen molar-refractivity contribution in [1.82, 2.24) is 4.98 Å². The lowest BCUT2D eigenvalue weighted by molar-refractivity contribution is 0.601. The molecule has 0 aliphatic heterocycles. The van der Waals surface area contributed by atoms with Gasteiger partial charge in [0, 0.05) is 17.6 Å². The van der Waals surface area contributed by atoms with Crippen LogP contribution in [0.3, 0.4) is 0 Å². The van der Waals surface area contributed by atoms with Gasteiger partial charge in [0.25, 0.3) is 10.0 Å². The van der Waals surface area contributed by atoms with E-state index >= 15 is 0 Å². The van der Waals surface area contributed by atoms with Crippen molar-refractivity contribution in [1.29, 1.82) is 0 Å². The van der Waals surface area contributed by atoms with E-state index in [1.165, 1.54) is 29.7 Å². The van der Waals surface area contributed by atoms with Gasteiger partial charge in [-0.1, -0.05) is 0 Å². The lowest BCUT2D eigenvalue weighted by Gasteiger charge is -2.07. The number of nitrogens with zero attached hydrogens (tertiary/aromatic N) is 1. The molecule has 2 aromatic heterocycles. The van der Waals surface area contributed by atoms with Gasteiger partial charge in [-0.25, -0.2) is 19.2 Å². The molecule has 2 heterocycles. The van der Waals surface area contributed by atoms with Gasteiger partial charge in [-0.3, -0.25) is 4.72 Å². The van der Waals surface area contributed by atoms with Crippen LogP contribution in [-0.2, 0) is 10.0 Å². The molecule has 0 atom stereocenters. The standard InChI is InChI=1S/C9H10N4O2S2/c10-12-9-5-8(1-3-11-9)17(14,15)13-7-2-4-16-6-7/h1-6,13H,10H2,(H,11,12). The first-order valence-corrected chi connectivity index (χ1v) is 7.02.